The smallest absolute Gasteiger partial charge is 0.344 e. The maximum absolute atomic E-state index is 12.9. The highest BCUT2D eigenvalue weighted by atomic mass is 16.6. The molecular weight excluding hydrogens is 378 g/mol. The highest BCUT2D eigenvalue weighted by molar-refractivity contribution is 6.05. The van der Waals surface area contributed by atoms with E-state index in [-0.39, 0.29) is 12.5 Å². The van der Waals surface area contributed by atoms with E-state index in [2.05, 4.69) is 45.1 Å². The van der Waals surface area contributed by atoms with E-state index in [4.69, 9.17) is 9.47 Å². The van der Waals surface area contributed by atoms with Gasteiger partial charge in [0.25, 0.3) is 5.91 Å². The zero-order valence-corrected chi connectivity index (χ0v) is 18.7. The number of para-hydroxylation sites is 1. The quantitative estimate of drug-likeness (QED) is 0.390. The van der Waals surface area contributed by atoms with Crippen molar-refractivity contribution in [3.8, 4) is 5.75 Å². The number of carbonyl (C=O) groups is 2. The predicted octanol–water partition coefficient (Wildman–Crippen LogP) is 5.91. The second-order valence-corrected chi connectivity index (χ2v) is 7.96. The lowest BCUT2D eigenvalue weighted by molar-refractivity contribution is -0.146. The van der Waals surface area contributed by atoms with Gasteiger partial charge in [0.1, 0.15) is 5.75 Å². The van der Waals surface area contributed by atoms with E-state index in [0.29, 0.717) is 29.8 Å². The van der Waals surface area contributed by atoms with Crippen LogP contribution in [0.3, 0.4) is 0 Å². The summed E-state index contributed by atoms with van der Waals surface area (Å²) in [5.74, 6) is 0.551. The Balaban J connectivity index is 2.04. The number of anilines is 1. The molecule has 0 fully saturated rings. The van der Waals surface area contributed by atoms with Gasteiger partial charge in [0.2, 0.25) is 0 Å². The molecule has 0 bridgehead atoms. The number of esters is 1. The van der Waals surface area contributed by atoms with E-state index < -0.39 is 5.97 Å². The van der Waals surface area contributed by atoms with E-state index in [1.807, 2.05) is 13.0 Å². The first-order valence-electron chi connectivity index (χ1n) is 10.7. The van der Waals surface area contributed by atoms with E-state index in [9.17, 15) is 9.59 Å². The molecule has 0 aliphatic heterocycles. The second kappa shape index (κ2) is 11.4. The van der Waals surface area contributed by atoms with Gasteiger partial charge in [0, 0.05) is 11.3 Å². The first-order chi connectivity index (χ1) is 14.3. The zero-order chi connectivity index (χ0) is 22.1. The Kier molecular flexibility index (Phi) is 8.90. The summed E-state index contributed by atoms with van der Waals surface area (Å²) in [6, 6.07) is 12.9. The van der Waals surface area contributed by atoms with E-state index in [0.717, 1.165) is 29.7 Å². The molecule has 2 aromatic rings. The lowest BCUT2D eigenvalue weighted by Gasteiger charge is -2.20. The van der Waals surface area contributed by atoms with Crippen LogP contribution in [0.1, 0.15) is 80.8 Å². The van der Waals surface area contributed by atoms with Crippen molar-refractivity contribution in [2.75, 3.05) is 18.5 Å². The molecule has 0 radical (unpaired) electrons. The fraction of sp³-hybridized carbons (Fsp3) is 0.440. The van der Waals surface area contributed by atoms with Gasteiger partial charge in [-0.1, -0.05) is 59.2 Å². The summed E-state index contributed by atoms with van der Waals surface area (Å²) >= 11 is 0. The fourth-order valence-electron chi connectivity index (χ4n) is 3.10. The number of benzene rings is 2. The van der Waals surface area contributed by atoms with E-state index in [1.54, 1.807) is 24.3 Å². The van der Waals surface area contributed by atoms with Crippen LogP contribution in [0.25, 0.3) is 0 Å². The molecule has 0 aliphatic rings. The highest BCUT2D eigenvalue weighted by Crippen LogP contribution is 2.32. The van der Waals surface area contributed by atoms with Gasteiger partial charge >= 0.3 is 5.97 Å². The van der Waals surface area contributed by atoms with Crippen molar-refractivity contribution in [1.29, 1.82) is 0 Å². The van der Waals surface area contributed by atoms with Gasteiger partial charge in [-0.15, -0.1) is 0 Å². The summed E-state index contributed by atoms with van der Waals surface area (Å²) in [5, 5.41) is 3.10. The van der Waals surface area contributed by atoms with Crippen LogP contribution in [-0.2, 0) is 9.53 Å². The summed E-state index contributed by atoms with van der Waals surface area (Å²) in [6.07, 6.45) is 1.81. The number of rotatable bonds is 10. The molecule has 0 spiro atoms. The third-order valence-corrected chi connectivity index (χ3v) is 4.85. The maximum atomic E-state index is 12.9. The van der Waals surface area contributed by atoms with Crippen LogP contribution >= 0.6 is 0 Å². The molecule has 162 valence electrons. The molecule has 0 saturated heterocycles. The molecule has 0 unspecified atom stereocenters. The largest absolute Gasteiger partial charge is 0.482 e. The molecule has 0 saturated carbocycles. The van der Waals surface area contributed by atoms with Crippen molar-refractivity contribution in [3.05, 3.63) is 59.2 Å². The standard InChI is InChI=1S/C25H33NO4/c1-6-7-15-29-23(27)16-30-20-13-11-19(12-14-20)25(28)26-24-21(17(2)3)9-8-10-22(24)18(4)5/h8-14,17-18H,6-7,15-16H2,1-5H3,(H,26,28). The minimum atomic E-state index is -0.392. The number of hydrogen-bond acceptors (Lipinski definition) is 4. The topological polar surface area (TPSA) is 64.6 Å². The lowest BCUT2D eigenvalue weighted by Crippen LogP contribution is -2.16. The molecule has 0 atom stereocenters. The number of amides is 1. The van der Waals surface area contributed by atoms with Crippen LogP contribution in [0.2, 0.25) is 0 Å². The van der Waals surface area contributed by atoms with Crippen LogP contribution in [-0.4, -0.2) is 25.1 Å². The molecular formula is C25H33NO4. The fourth-order valence-corrected chi connectivity index (χ4v) is 3.10. The highest BCUT2D eigenvalue weighted by Gasteiger charge is 2.17. The van der Waals surface area contributed by atoms with Gasteiger partial charge in [0.15, 0.2) is 6.61 Å². The summed E-state index contributed by atoms with van der Waals surface area (Å²) in [6.45, 7) is 10.8. The molecule has 0 aliphatic carbocycles. The van der Waals surface area contributed by atoms with Gasteiger partial charge in [-0.3, -0.25) is 4.79 Å². The van der Waals surface area contributed by atoms with Crippen LogP contribution < -0.4 is 10.1 Å². The summed E-state index contributed by atoms with van der Waals surface area (Å²) < 4.78 is 10.5. The molecule has 2 aromatic carbocycles. The molecule has 2 rings (SSSR count). The average Bonchev–Trinajstić information content (AvgIpc) is 2.72. The van der Waals surface area contributed by atoms with Gasteiger partial charge in [-0.25, -0.2) is 4.79 Å². The average molecular weight is 412 g/mol. The first kappa shape index (κ1) is 23.5. The number of hydrogen-bond donors (Lipinski definition) is 1. The second-order valence-electron chi connectivity index (χ2n) is 7.96. The van der Waals surface area contributed by atoms with Crippen molar-refractivity contribution in [2.24, 2.45) is 0 Å². The number of ether oxygens (including phenoxy) is 2. The predicted molar refractivity (Wildman–Crippen MR) is 120 cm³/mol. The molecule has 30 heavy (non-hydrogen) atoms. The Hall–Kier alpha value is -2.82. The van der Waals surface area contributed by atoms with E-state index in [1.165, 1.54) is 0 Å². The van der Waals surface area contributed by atoms with Crippen molar-refractivity contribution in [1.82, 2.24) is 0 Å². The molecule has 1 amide bonds. The van der Waals surface area contributed by atoms with Crippen molar-refractivity contribution >= 4 is 17.6 Å². The number of nitrogens with one attached hydrogen (secondary N) is 1. The minimum absolute atomic E-state index is 0.144. The third kappa shape index (κ3) is 6.61. The van der Waals surface area contributed by atoms with Gasteiger partial charge in [-0.05, 0) is 53.6 Å². The lowest BCUT2D eigenvalue weighted by atomic mass is 9.92. The minimum Gasteiger partial charge on any atom is -0.482 e. The first-order valence-corrected chi connectivity index (χ1v) is 10.7. The number of carbonyl (C=O) groups excluding carboxylic acids is 2. The summed E-state index contributed by atoms with van der Waals surface area (Å²) in [7, 11) is 0. The van der Waals surface area contributed by atoms with Crippen molar-refractivity contribution in [3.63, 3.8) is 0 Å². The van der Waals surface area contributed by atoms with Gasteiger partial charge in [-0.2, -0.15) is 0 Å². The maximum Gasteiger partial charge on any atom is 0.344 e. The summed E-state index contributed by atoms with van der Waals surface area (Å²) in [4.78, 5) is 24.5. The van der Waals surface area contributed by atoms with Gasteiger partial charge in [0.05, 0.1) is 6.61 Å². The van der Waals surface area contributed by atoms with Crippen molar-refractivity contribution in [2.45, 2.75) is 59.3 Å². The monoisotopic (exact) mass is 411 g/mol. The zero-order valence-electron chi connectivity index (χ0n) is 18.7. The molecule has 1 N–H and O–H groups in total. The van der Waals surface area contributed by atoms with Crippen LogP contribution in [0.4, 0.5) is 5.69 Å². The molecule has 0 aromatic heterocycles. The van der Waals surface area contributed by atoms with Crippen LogP contribution in [0, 0.1) is 0 Å². The molecule has 5 nitrogen and oxygen atoms in total. The van der Waals surface area contributed by atoms with E-state index >= 15 is 0 Å². The SMILES string of the molecule is CCCCOC(=O)COc1ccc(C(=O)Nc2c(C(C)C)cccc2C(C)C)cc1. The molecule has 5 heteroatoms. The van der Waals surface area contributed by atoms with Crippen LogP contribution in [0.15, 0.2) is 42.5 Å². The summed E-state index contributed by atoms with van der Waals surface area (Å²) in [5.41, 5.74) is 3.66. The Morgan fingerprint density at radius 1 is 0.933 bits per heavy atom. The van der Waals surface area contributed by atoms with Gasteiger partial charge < -0.3 is 14.8 Å². The Labute approximate surface area is 179 Å². The molecule has 0 heterocycles. The van der Waals surface area contributed by atoms with Crippen LogP contribution in [0.5, 0.6) is 5.75 Å². The Morgan fingerprint density at radius 2 is 1.53 bits per heavy atom. The normalized spacial score (nSPS) is 10.9. The Morgan fingerprint density at radius 3 is 2.07 bits per heavy atom. The third-order valence-electron chi connectivity index (χ3n) is 4.85. The Bertz CT molecular complexity index is 814. The number of unbranched alkanes of at least 4 members (excludes halogenated alkanes) is 1. The van der Waals surface area contributed by atoms with Crippen molar-refractivity contribution < 1.29 is 19.1 Å².